The Balaban J connectivity index is 2.08. The van der Waals surface area contributed by atoms with Gasteiger partial charge in [-0.2, -0.15) is 0 Å². The second-order valence-corrected chi connectivity index (χ2v) is 5.94. The van der Waals surface area contributed by atoms with Crippen LogP contribution in [-0.2, 0) is 13.0 Å². The zero-order valence-electron chi connectivity index (χ0n) is 12.3. The first-order chi connectivity index (χ1) is 10.7. The summed E-state index contributed by atoms with van der Waals surface area (Å²) in [6.45, 7) is 2.83. The number of H-pyrrole nitrogens is 1. The van der Waals surface area contributed by atoms with Crippen molar-refractivity contribution in [2.45, 2.75) is 19.9 Å². The minimum absolute atomic E-state index is 0.686. The molecule has 0 atom stereocenters. The van der Waals surface area contributed by atoms with E-state index in [-0.39, 0.29) is 0 Å². The van der Waals surface area contributed by atoms with Crippen LogP contribution in [0.1, 0.15) is 18.2 Å². The predicted molar refractivity (Wildman–Crippen MR) is 95.0 cm³/mol. The molecule has 0 bridgehead atoms. The molecule has 2 aromatic carbocycles. The highest BCUT2D eigenvalue weighted by Gasteiger charge is 2.13. The van der Waals surface area contributed by atoms with E-state index in [4.69, 9.17) is 23.8 Å². The Kier molecular flexibility index (Phi) is 4.46. The fraction of sp³-hybridized carbons (Fsp3) is 0.167. The van der Waals surface area contributed by atoms with Crippen LogP contribution < -0.4 is 0 Å². The van der Waals surface area contributed by atoms with Crippen LogP contribution in [0.4, 0.5) is 0 Å². The largest absolute Gasteiger partial charge is 0.330 e. The molecule has 0 aliphatic carbocycles. The Hall–Kier alpha value is -1.84. The molecule has 4 heteroatoms. The van der Waals surface area contributed by atoms with E-state index in [1.54, 1.807) is 0 Å². The Morgan fingerprint density at radius 3 is 2.41 bits per heavy atom. The van der Waals surface area contributed by atoms with Crippen LogP contribution in [0.3, 0.4) is 0 Å². The fourth-order valence-electron chi connectivity index (χ4n) is 2.68. The van der Waals surface area contributed by atoms with Crippen LogP contribution in [0.25, 0.3) is 11.3 Å². The van der Waals surface area contributed by atoms with Gasteiger partial charge in [-0.05, 0) is 35.8 Å². The van der Waals surface area contributed by atoms with Gasteiger partial charge in [0, 0.05) is 10.7 Å². The molecular weight excluding hydrogens is 312 g/mol. The monoisotopic (exact) mass is 328 g/mol. The van der Waals surface area contributed by atoms with Crippen LogP contribution in [-0.4, -0.2) is 9.55 Å². The summed E-state index contributed by atoms with van der Waals surface area (Å²) in [5, 5.41) is 0.772. The van der Waals surface area contributed by atoms with Gasteiger partial charge in [-0.15, -0.1) is 0 Å². The number of aromatic amines is 1. The maximum absolute atomic E-state index is 6.29. The van der Waals surface area contributed by atoms with Crippen molar-refractivity contribution < 1.29 is 0 Å². The third kappa shape index (κ3) is 2.87. The van der Waals surface area contributed by atoms with Crippen molar-refractivity contribution in [3.05, 3.63) is 75.6 Å². The first-order valence-corrected chi connectivity index (χ1v) is 8.10. The highest BCUT2D eigenvalue weighted by Crippen LogP contribution is 2.25. The van der Waals surface area contributed by atoms with Crippen molar-refractivity contribution in [1.82, 2.24) is 9.55 Å². The lowest BCUT2D eigenvalue weighted by Crippen LogP contribution is -2.05. The average molecular weight is 329 g/mol. The van der Waals surface area contributed by atoms with Crippen LogP contribution in [0, 0.1) is 4.77 Å². The van der Waals surface area contributed by atoms with Gasteiger partial charge in [-0.3, -0.25) is 0 Å². The van der Waals surface area contributed by atoms with E-state index in [0.717, 1.165) is 33.0 Å². The summed E-state index contributed by atoms with van der Waals surface area (Å²) in [5.74, 6) is 0. The fourth-order valence-corrected chi connectivity index (χ4v) is 3.15. The Labute approximate surface area is 140 Å². The molecule has 0 radical (unpaired) electrons. The first kappa shape index (κ1) is 15.1. The number of hydrogen-bond acceptors (Lipinski definition) is 1. The average Bonchev–Trinajstić information content (AvgIpc) is 2.86. The number of imidazole rings is 1. The van der Waals surface area contributed by atoms with E-state index in [0.29, 0.717) is 6.54 Å². The van der Waals surface area contributed by atoms with Crippen molar-refractivity contribution in [2.24, 2.45) is 0 Å². The molecule has 0 amide bonds. The van der Waals surface area contributed by atoms with Gasteiger partial charge >= 0.3 is 0 Å². The van der Waals surface area contributed by atoms with Gasteiger partial charge < -0.3 is 9.55 Å². The summed E-state index contributed by atoms with van der Waals surface area (Å²) < 4.78 is 2.87. The van der Waals surface area contributed by atoms with Gasteiger partial charge in [0.05, 0.1) is 12.2 Å². The lowest BCUT2D eigenvalue weighted by atomic mass is 10.1. The van der Waals surface area contributed by atoms with Gasteiger partial charge in [-0.25, -0.2) is 0 Å². The summed E-state index contributed by atoms with van der Waals surface area (Å²) in [6, 6.07) is 18.2. The number of hydrogen-bond donors (Lipinski definition) is 1. The van der Waals surface area contributed by atoms with Crippen molar-refractivity contribution in [3.8, 4) is 11.3 Å². The zero-order chi connectivity index (χ0) is 15.5. The minimum Gasteiger partial charge on any atom is -0.330 e. The first-order valence-electron chi connectivity index (χ1n) is 7.31. The Bertz CT molecular complexity index is 834. The summed E-state index contributed by atoms with van der Waals surface area (Å²) in [6.07, 6.45) is 0.905. The van der Waals surface area contributed by atoms with Crippen molar-refractivity contribution in [2.75, 3.05) is 0 Å². The van der Waals surface area contributed by atoms with Gasteiger partial charge in [0.15, 0.2) is 4.77 Å². The van der Waals surface area contributed by atoms with E-state index in [1.807, 2.05) is 42.5 Å². The second-order valence-electron chi connectivity index (χ2n) is 5.15. The minimum atomic E-state index is 0.686. The van der Waals surface area contributed by atoms with E-state index < -0.39 is 0 Å². The van der Waals surface area contributed by atoms with Crippen molar-refractivity contribution in [3.63, 3.8) is 0 Å². The molecule has 3 aromatic rings. The topological polar surface area (TPSA) is 20.7 Å². The third-order valence-electron chi connectivity index (χ3n) is 3.78. The lowest BCUT2D eigenvalue weighted by molar-refractivity contribution is 0.737. The highest BCUT2D eigenvalue weighted by molar-refractivity contribution is 7.71. The summed E-state index contributed by atoms with van der Waals surface area (Å²) in [7, 11) is 0. The highest BCUT2D eigenvalue weighted by atomic mass is 35.5. The maximum Gasteiger partial charge on any atom is 0.178 e. The van der Waals surface area contributed by atoms with E-state index >= 15 is 0 Å². The molecule has 0 aliphatic heterocycles. The molecule has 0 unspecified atom stereocenters. The number of rotatable bonds is 4. The number of benzene rings is 2. The molecule has 1 N–H and O–H groups in total. The van der Waals surface area contributed by atoms with Gasteiger partial charge in [0.2, 0.25) is 0 Å². The molecule has 0 fully saturated rings. The van der Waals surface area contributed by atoms with Crippen molar-refractivity contribution in [1.29, 1.82) is 0 Å². The second kappa shape index (κ2) is 6.51. The Morgan fingerprint density at radius 2 is 1.73 bits per heavy atom. The quantitative estimate of drug-likeness (QED) is 0.629. The number of nitrogens with one attached hydrogen (secondary N) is 1. The maximum atomic E-state index is 6.29. The molecule has 22 heavy (non-hydrogen) atoms. The number of halogens is 1. The summed E-state index contributed by atoms with van der Waals surface area (Å²) in [5.41, 5.74) is 4.54. The molecule has 1 aromatic heterocycles. The molecule has 0 saturated carbocycles. The molecule has 112 valence electrons. The lowest BCUT2D eigenvalue weighted by Gasteiger charge is -2.10. The van der Waals surface area contributed by atoms with Crippen LogP contribution in [0.15, 0.2) is 54.6 Å². The van der Waals surface area contributed by atoms with Crippen LogP contribution in [0.5, 0.6) is 0 Å². The molecule has 0 saturated heterocycles. The van der Waals surface area contributed by atoms with Crippen molar-refractivity contribution >= 4 is 23.8 Å². The smallest absolute Gasteiger partial charge is 0.178 e. The SMILES string of the molecule is CCc1c(-c2ccccc2)[nH]c(=S)n1Cc1ccccc1Cl. The molecule has 0 aliphatic rings. The molecule has 3 rings (SSSR count). The third-order valence-corrected chi connectivity index (χ3v) is 4.47. The van der Waals surface area contributed by atoms with Crippen LogP contribution in [0.2, 0.25) is 5.02 Å². The Morgan fingerprint density at radius 1 is 1.05 bits per heavy atom. The van der Waals surface area contributed by atoms with Gasteiger partial charge in [-0.1, -0.05) is 67.1 Å². The van der Waals surface area contributed by atoms with Crippen LogP contribution >= 0.6 is 23.8 Å². The molecule has 1 heterocycles. The predicted octanol–water partition coefficient (Wildman–Crippen LogP) is 5.48. The van der Waals surface area contributed by atoms with E-state index in [2.05, 4.69) is 28.6 Å². The van der Waals surface area contributed by atoms with Gasteiger partial charge in [0.25, 0.3) is 0 Å². The summed E-state index contributed by atoms with van der Waals surface area (Å²) >= 11 is 11.8. The van der Waals surface area contributed by atoms with E-state index in [9.17, 15) is 0 Å². The normalized spacial score (nSPS) is 10.8. The molecule has 0 spiro atoms. The van der Waals surface area contributed by atoms with E-state index in [1.165, 1.54) is 5.69 Å². The molecule has 2 nitrogen and oxygen atoms in total. The number of nitrogens with zero attached hydrogens (tertiary/aromatic N) is 1. The molecular formula is C18H17ClN2S. The standard InChI is InChI=1S/C18H17ClN2S/c1-2-16-17(13-8-4-3-5-9-13)20-18(22)21(16)12-14-10-6-7-11-15(14)19/h3-11H,2,12H2,1H3,(H,20,22). The number of aromatic nitrogens is 2. The van der Waals surface area contributed by atoms with Gasteiger partial charge in [0.1, 0.15) is 0 Å². The summed E-state index contributed by atoms with van der Waals surface area (Å²) in [4.78, 5) is 3.35. The zero-order valence-corrected chi connectivity index (χ0v) is 13.9.